The van der Waals surface area contributed by atoms with Gasteiger partial charge in [-0.15, -0.1) is 4.83 Å². The Balaban J connectivity index is 2.08. The van der Waals surface area contributed by atoms with Crippen LogP contribution in [0.2, 0.25) is 5.02 Å². The molecule has 1 amide bonds. The SMILES string of the molecule is CCN(CC)c1ccc(C(=O)NNS(=O)(=O)c2ccc(Cl)cc2F)cc1. The number of nitrogens with one attached hydrogen (secondary N) is 2. The van der Waals surface area contributed by atoms with Crippen molar-refractivity contribution in [1.29, 1.82) is 0 Å². The summed E-state index contributed by atoms with van der Waals surface area (Å²) >= 11 is 5.60. The van der Waals surface area contributed by atoms with E-state index in [0.717, 1.165) is 30.9 Å². The van der Waals surface area contributed by atoms with Crippen LogP contribution in [-0.2, 0) is 10.0 Å². The average Bonchev–Trinajstić information content (AvgIpc) is 2.61. The zero-order valence-electron chi connectivity index (χ0n) is 14.3. The molecule has 0 bridgehead atoms. The summed E-state index contributed by atoms with van der Waals surface area (Å²) in [6.45, 7) is 5.70. The highest BCUT2D eigenvalue weighted by Crippen LogP contribution is 2.18. The third-order valence-corrected chi connectivity index (χ3v) is 5.26. The van der Waals surface area contributed by atoms with E-state index in [-0.39, 0.29) is 10.6 Å². The fourth-order valence-electron chi connectivity index (χ4n) is 2.35. The maximum absolute atomic E-state index is 13.8. The summed E-state index contributed by atoms with van der Waals surface area (Å²) in [5.74, 6) is -1.67. The fraction of sp³-hybridized carbons (Fsp3) is 0.235. The van der Waals surface area contributed by atoms with Crippen LogP contribution in [0.15, 0.2) is 47.4 Å². The highest BCUT2D eigenvalue weighted by Gasteiger charge is 2.20. The third-order valence-electron chi connectivity index (χ3n) is 3.74. The Bertz CT molecular complexity index is 885. The summed E-state index contributed by atoms with van der Waals surface area (Å²) in [5, 5.41) is 0.0683. The van der Waals surface area contributed by atoms with E-state index in [1.807, 2.05) is 18.7 Å². The van der Waals surface area contributed by atoms with Gasteiger partial charge in [-0.1, -0.05) is 11.6 Å². The molecule has 0 saturated carbocycles. The van der Waals surface area contributed by atoms with Crippen LogP contribution in [0.25, 0.3) is 0 Å². The number of carbonyl (C=O) groups excluding carboxylic acids is 1. The molecule has 0 aliphatic carbocycles. The normalized spacial score (nSPS) is 11.2. The Morgan fingerprint density at radius 1 is 1.12 bits per heavy atom. The van der Waals surface area contributed by atoms with Crippen LogP contribution in [0.5, 0.6) is 0 Å². The van der Waals surface area contributed by atoms with E-state index in [1.54, 1.807) is 24.3 Å². The Labute approximate surface area is 157 Å². The molecule has 2 aromatic rings. The molecule has 6 nitrogen and oxygen atoms in total. The van der Waals surface area contributed by atoms with Crippen LogP contribution in [0.3, 0.4) is 0 Å². The maximum Gasteiger partial charge on any atom is 0.266 e. The molecule has 26 heavy (non-hydrogen) atoms. The first-order chi connectivity index (χ1) is 12.3. The van der Waals surface area contributed by atoms with Crippen LogP contribution in [0.4, 0.5) is 10.1 Å². The van der Waals surface area contributed by atoms with Gasteiger partial charge in [0.25, 0.3) is 15.9 Å². The Hall–Kier alpha value is -2.16. The minimum absolute atomic E-state index is 0.0683. The number of rotatable bonds is 7. The number of carbonyl (C=O) groups is 1. The predicted molar refractivity (Wildman–Crippen MR) is 99.2 cm³/mol. The number of hydrogen-bond donors (Lipinski definition) is 2. The summed E-state index contributed by atoms with van der Waals surface area (Å²) in [4.78, 5) is 15.5. The van der Waals surface area contributed by atoms with Gasteiger partial charge in [-0.05, 0) is 56.3 Å². The number of sulfonamides is 1. The van der Waals surface area contributed by atoms with E-state index >= 15 is 0 Å². The van der Waals surface area contributed by atoms with Gasteiger partial charge < -0.3 is 4.90 Å². The van der Waals surface area contributed by atoms with Crippen LogP contribution in [-0.4, -0.2) is 27.4 Å². The number of amides is 1. The first-order valence-electron chi connectivity index (χ1n) is 7.90. The first-order valence-corrected chi connectivity index (χ1v) is 9.76. The molecule has 2 N–H and O–H groups in total. The number of benzene rings is 2. The third kappa shape index (κ3) is 4.72. The molecule has 0 fully saturated rings. The van der Waals surface area contributed by atoms with E-state index in [0.29, 0.717) is 0 Å². The van der Waals surface area contributed by atoms with Crippen molar-refractivity contribution in [2.24, 2.45) is 0 Å². The van der Waals surface area contributed by atoms with Gasteiger partial charge in [0.2, 0.25) is 0 Å². The van der Waals surface area contributed by atoms with Gasteiger partial charge in [-0.3, -0.25) is 10.2 Å². The Kier molecular flexibility index (Phi) is 6.57. The van der Waals surface area contributed by atoms with Gasteiger partial charge in [0.1, 0.15) is 10.7 Å². The molecule has 0 aliphatic heterocycles. The zero-order chi connectivity index (χ0) is 19.3. The maximum atomic E-state index is 13.8. The van der Waals surface area contributed by atoms with Crippen molar-refractivity contribution in [2.75, 3.05) is 18.0 Å². The van der Waals surface area contributed by atoms with Crippen molar-refractivity contribution in [3.8, 4) is 0 Å². The van der Waals surface area contributed by atoms with Crippen molar-refractivity contribution in [2.45, 2.75) is 18.7 Å². The van der Waals surface area contributed by atoms with Crippen molar-refractivity contribution in [1.82, 2.24) is 10.3 Å². The molecule has 0 spiro atoms. The minimum atomic E-state index is -4.26. The van der Waals surface area contributed by atoms with Crippen LogP contribution in [0.1, 0.15) is 24.2 Å². The van der Waals surface area contributed by atoms with Gasteiger partial charge in [0.15, 0.2) is 0 Å². The van der Waals surface area contributed by atoms with Crippen molar-refractivity contribution < 1.29 is 17.6 Å². The van der Waals surface area contributed by atoms with Gasteiger partial charge in [-0.2, -0.15) is 0 Å². The summed E-state index contributed by atoms with van der Waals surface area (Å²) in [7, 11) is -4.26. The molecule has 2 aromatic carbocycles. The lowest BCUT2D eigenvalue weighted by molar-refractivity contribution is 0.0945. The van der Waals surface area contributed by atoms with Gasteiger partial charge >= 0.3 is 0 Å². The lowest BCUT2D eigenvalue weighted by atomic mass is 10.2. The minimum Gasteiger partial charge on any atom is -0.372 e. The highest BCUT2D eigenvalue weighted by molar-refractivity contribution is 7.89. The fourth-order valence-corrected chi connectivity index (χ4v) is 3.40. The van der Waals surface area contributed by atoms with Crippen molar-refractivity contribution >= 4 is 33.2 Å². The lowest BCUT2D eigenvalue weighted by Gasteiger charge is -2.21. The van der Waals surface area contributed by atoms with E-state index in [1.165, 1.54) is 6.07 Å². The zero-order valence-corrected chi connectivity index (χ0v) is 15.9. The number of hydrazine groups is 1. The molecule has 0 heterocycles. The topological polar surface area (TPSA) is 78.5 Å². The van der Waals surface area contributed by atoms with Gasteiger partial charge in [0, 0.05) is 29.4 Å². The highest BCUT2D eigenvalue weighted by atomic mass is 35.5. The number of nitrogens with zero attached hydrogens (tertiary/aromatic N) is 1. The van der Waals surface area contributed by atoms with E-state index in [9.17, 15) is 17.6 Å². The molecule has 0 unspecified atom stereocenters. The molecule has 9 heteroatoms. The standard InChI is InChI=1S/C17H19ClFN3O3S/c1-3-22(4-2)14-8-5-12(6-9-14)17(23)20-21-26(24,25)16-10-7-13(18)11-15(16)19/h5-11,21H,3-4H2,1-2H3,(H,20,23). The Morgan fingerprint density at radius 3 is 2.27 bits per heavy atom. The van der Waals surface area contributed by atoms with E-state index < -0.39 is 26.6 Å². The summed E-state index contributed by atoms with van der Waals surface area (Å²) in [5.41, 5.74) is 3.28. The molecule has 2 rings (SSSR count). The molecular weight excluding hydrogens is 381 g/mol. The number of anilines is 1. The lowest BCUT2D eigenvalue weighted by Crippen LogP contribution is -2.41. The average molecular weight is 400 g/mol. The predicted octanol–water partition coefficient (Wildman–Crippen LogP) is 2.95. The van der Waals surface area contributed by atoms with Crippen LogP contribution >= 0.6 is 11.6 Å². The Morgan fingerprint density at radius 2 is 1.73 bits per heavy atom. The first kappa shape index (κ1) is 20.2. The molecule has 0 atom stereocenters. The van der Waals surface area contributed by atoms with E-state index in [4.69, 9.17) is 11.6 Å². The molecular formula is C17H19ClFN3O3S. The summed E-state index contributed by atoms with van der Waals surface area (Å²) in [6.07, 6.45) is 0. The van der Waals surface area contributed by atoms with Crippen molar-refractivity contribution in [3.05, 3.63) is 58.9 Å². The monoisotopic (exact) mass is 399 g/mol. The smallest absolute Gasteiger partial charge is 0.266 e. The van der Waals surface area contributed by atoms with Gasteiger partial charge in [-0.25, -0.2) is 12.8 Å². The molecule has 0 saturated heterocycles. The number of halogens is 2. The van der Waals surface area contributed by atoms with Crippen LogP contribution < -0.4 is 15.2 Å². The summed E-state index contributed by atoms with van der Waals surface area (Å²) in [6, 6.07) is 9.85. The molecule has 0 aromatic heterocycles. The summed E-state index contributed by atoms with van der Waals surface area (Å²) < 4.78 is 38.0. The van der Waals surface area contributed by atoms with Crippen molar-refractivity contribution in [3.63, 3.8) is 0 Å². The largest absolute Gasteiger partial charge is 0.372 e. The molecule has 0 radical (unpaired) electrons. The second kappa shape index (κ2) is 8.48. The second-order valence-electron chi connectivity index (χ2n) is 5.35. The van der Waals surface area contributed by atoms with E-state index in [2.05, 4.69) is 10.3 Å². The quantitative estimate of drug-likeness (QED) is 0.701. The van der Waals surface area contributed by atoms with Gasteiger partial charge in [0.05, 0.1) is 0 Å². The second-order valence-corrected chi connectivity index (χ2v) is 7.44. The number of hydrogen-bond acceptors (Lipinski definition) is 4. The molecule has 0 aliphatic rings. The van der Waals surface area contributed by atoms with Crippen LogP contribution in [0, 0.1) is 5.82 Å². The molecule has 140 valence electrons.